The fraction of sp³-hybridized carbons (Fsp3) is 0. The molecule has 0 aliphatic rings. The van der Waals surface area contributed by atoms with E-state index in [9.17, 15) is 0 Å². The quantitative estimate of drug-likeness (QED) is 0.509. The second kappa shape index (κ2) is 5.88. The molecule has 0 fully saturated rings. The Hall–Kier alpha value is -0.870. The summed E-state index contributed by atoms with van der Waals surface area (Å²) in [6.45, 7) is 0. The summed E-state index contributed by atoms with van der Waals surface area (Å²) in [5.74, 6) is -0.0302. The van der Waals surface area contributed by atoms with Gasteiger partial charge in [0.1, 0.15) is 17.9 Å². The lowest BCUT2D eigenvalue weighted by atomic mass is 10.4. The molecule has 62 valence electrons. The Labute approximate surface area is 76.6 Å². The van der Waals surface area contributed by atoms with Crippen molar-refractivity contribution in [3.8, 4) is 0 Å². The van der Waals surface area contributed by atoms with Gasteiger partial charge in [-0.05, 0) is 6.07 Å². The third-order valence-corrected chi connectivity index (χ3v) is 0.858. The topological polar surface area (TPSA) is 75.7 Å². The Morgan fingerprint density at radius 1 is 1.45 bits per heavy atom. The Kier molecular flexibility index (Phi) is 6.83. The Morgan fingerprint density at radius 3 is 2.36 bits per heavy atom. The van der Waals surface area contributed by atoms with Crippen LogP contribution in [0.3, 0.4) is 0 Å². The molecule has 0 saturated carbocycles. The first-order valence-corrected chi connectivity index (χ1v) is 2.41. The second-order valence-electron chi connectivity index (χ2n) is 1.51. The standard InChI is InChI=1S/C5H6N4.2ClH/c6-5(7)4-1-2-8-3-9-4;;/h1-3H,(H3,6,7);2*1H. The van der Waals surface area contributed by atoms with E-state index in [0.717, 1.165) is 0 Å². The summed E-state index contributed by atoms with van der Waals surface area (Å²) in [5, 5.41) is 6.92. The monoisotopic (exact) mass is 194 g/mol. The van der Waals surface area contributed by atoms with Crippen LogP contribution in [-0.2, 0) is 0 Å². The molecule has 0 atom stereocenters. The number of hydrogen-bond donors (Lipinski definition) is 2. The van der Waals surface area contributed by atoms with Crippen molar-refractivity contribution in [2.45, 2.75) is 0 Å². The molecule has 1 aromatic rings. The van der Waals surface area contributed by atoms with Crippen molar-refractivity contribution >= 4 is 30.6 Å². The highest BCUT2D eigenvalue weighted by Gasteiger charge is 1.92. The molecule has 0 radical (unpaired) electrons. The first kappa shape index (κ1) is 12.8. The molecule has 0 bridgehead atoms. The first-order valence-electron chi connectivity index (χ1n) is 2.41. The molecule has 1 aromatic heterocycles. The fourth-order valence-electron chi connectivity index (χ4n) is 0.450. The number of nitrogens with zero attached hydrogens (tertiary/aromatic N) is 2. The fourth-order valence-corrected chi connectivity index (χ4v) is 0.450. The van der Waals surface area contributed by atoms with E-state index in [4.69, 9.17) is 11.1 Å². The van der Waals surface area contributed by atoms with Crippen molar-refractivity contribution in [3.05, 3.63) is 24.3 Å². The summed E-state index contributed by atoms with van der Waals surface area (Å²) in [6, 6.07) is 1.59. The van der Waals surface area contributed by atoms with Gasteiger partial charge in [-0.25, -0.2) is 9.97 Å². The van der Waals surface area contributed by atoms with E-state index < -0.39 is 0 Å². The first-order chi connectivity index (χ1) is 4.30. The molecule has 1 heterocycles. The molecule has 4 nitrogen and oxygen atoms in total. The van der Waals surface area contributed by atoms with Gasteiger partial charge in [0.15, 0.2) is 0 Å². The molecular weight excluding hydrogens is 187 g/mol. The van der Waals surface area contributed by atoms with Gasteiger partial charge >= 0.3 is 0 Å². The molecule has 0 aromatic carbocycles. The van der Waals surface area contributed by atoms with Crippen LogP contribution in [0.5, 0.6) is 0 Å². The molecule has 1 rings (SSSR count). The van der Waals surface area contributed by atoms with E-state index in [1.165, 1.54) is 6.33 Å². The van der Waals surface area contributed by atoms with Crippen LogP contribution in [0.15, 0.2) is 18.6 Å². The number of hydrogen-bond acceptors (Lipinski definition) is 3. The summed E-state index contributed by atoms with van der Waals surface area (Å²) >= 11 is 0. The summed E-state index contributed by atoms with van der Waals surface area (Å²) in [5.41, 5.74) is 5.57. The van der Waals surface area contributed by atoms with E-state index in [0.29, 0.717) is 5.69 Å². The largest absolute Gasteiger partial charge is 0.382 e. The third kappa shape index (κ3) is 3.75. The Balaban J connectivity index is 0. The van der Waals surface area contributed by atoms with Crippen LogP contribution in [0.4, 0.5) is 0 Å². The van der Waals surface area contributed by atoms with Crippen molar-refractivity contribution in [1.82, 2.24) is 9.97 Å². The van der Waals surface area contributed by atoms with Gasteiger partial charge in [0.2, 0.25) is 0 Å². The molecule has 11 heavy (non-hydrogen) atoms. The number of rotatable bonds is 1. The lowest BCUT2D eigenvalue weighted by molar-refractivity contribution is 1.14. The summed E-state index contributed by atoms with van der Waals surface area (Å²) in [7, 11) is 0. The maximum Gasteiger partial charge on any atom is 0.141 e. The molecule has 0 unspecified atom stereocenters. The van der Waals surface area contributed by atoms with E-state index >= 15 is 0 Å². The minimum atomic E-state index is -0.0302. The van der Waals surface area contributed by atoms with Crippen LogP contribution in [0, 0.1) is 5.41 Å². The van der Waals surface area contributed by atoms with Crippen LogP contribution >= 0.6 is 24.8 Å². The molecular formula is C5H8Cl2N4. The number of nitrogens with two attached hydrogens (primary N) is 1. The minimum absolute atomic E-state index is 0. The van der Waals surface area contributed by atoms with Crippen LogP contribution in [0.1, 0.15) is 5.69 Å². The SMILES string of the molecule is Cl.Cl.N=C(N)c1ccncn1. The van der Waals surface area contributed by atoms with E-state index in [2.05, 4.69) is 9.97 Å². The number of aromatic nitrogens is 2. The van der Waals surface area contributed by atoms with Gasteiger partial charge in [0.25, 0.3) is 0 Å². The van der Waals surface area contributed by atoms with Gasteiger partial charge < -0.3 is 5.73 Å². The highest BCUT2D eigenvalue weighted by Crippen LogP contribution is 1.85. The van der Waals surface area contributed by atoms with Gasteiger partial charge in [0.05, 0.1) is 0 Å². The van der Waals surface area contributed by atoms with Gasteiger partial charge in [-0.1, -0.05) is 0 Å². The van der Waals surface area contributed by atoms with Crippen molar-refractivity contribution in [1.29, 1.82) is 5.41 Å². The van der Waals surface area contributed by atoms with Gasteiger partial charge in [-0.2, -0.15) is 0 Å². The zero-order valence-corrected chi connectivity index (χ0v) is 7.15. The van der Waals surface area contributed by atoms with E-state index in [1.54, 1.807) is 12.3 Å². The molecule has 6 heteroatoms. The average Bonchev–Trinajstić information content (AvgIpc) is 1.90. The van der Waals surface area contributed by atoms with Gasteiger partial charge in [-0.3, -0.25) is 5.41 Å². The van der Waals surface area contributed by atoms with E-state index in [-0.39, 0.29) is 30.6 Å². The number of amidine groups is 1. The molecule has 0 aliphatic carbocycles. The average molecular weight is 195 g/mol. The van der Waals surface area contributed by atoms with Crippen molar-refractivity contribution in [2.75, 3.05) is 0 Å². The molecule has 3 N–H and O–H groups in total. The Morgan fingerprint density at radius 2 is 2.09 bits per heavy atom. The molecule has 0 spiro atoms. The normalized spacial score (nSPS) is 7.27. The lowest BCUT2D eigenvalue weighted by Crippen LogP contribution is -2.12. The maximum absolute atomic E-state index is 6.92. The Bertz CT molecular complexity index is 213. The number of halogens is 2. The van der Waals surface area contributed by atoms with Gasteiger partial charge in [-0.15, -0.1) is 24.8 Å². The van der Waals surface area contributed by atoms with Crippen LogP contribution in [0.25, 0.3) is 0 Å². The van der Waals surface area contributed by atoms with Crippen molar-refractivity contribution in [3.63, 3.8) is 0 Å². The van der Waals surface area contributed by atoms with E-state index in [1.807, 2.05) is 0 Å². The minimum Gasteiger partial charge on any atom is -0.382 e. The predicted octanol–water partition coefficient (Wildman–Crippen LogP) is 0.604. The van der Waals surface area contributed by atoms with Crippen LogP contribution < -0.4 is 5.73 Å². The predicted molar refractivity (Wildman–Crippen MR) is 47.5 cm³/mol. The highest BCUT2D eigenvalue weighted by atomic mass is 35.5. The second-order valence-corrected chi connectivity index (χ2v) is 1.51. The molecule has 0 saturated heterocycles. The number of nitrogens with one attached hydrogen (secondary N) is 1. The van der Waals surface area contributed by atoms with Crippen molar-refractivity contribution in [2.24, 2.45) is 5.73 Å². The summed E-state index contributed by atoms with van der Waals surface area (Å²) < 4.78 is 0. The van der Waals surface area contributed by atoms with Crippen LogP contribution in [0.2, 0.25) is 0 Å². The lowest BCUT2D eigenvalue weighted by Gasteiger charge is -1.91. The molecule has 0 amide bonds. The zero-order valence-electron chi connectivity index (χ0n) is 5.52. The maximum atomic E-state index is 6.92. The number of nitrogen functional groups attached to an aromatic ring is 1. The van der Waals surface area contributed by atoms with Crippen molar-refractivity contribution < 1.29 is 0 Å². The summed E-state index contributed by atoms with van der Waals surface area (Å²) in [6.07, 6.45) is 2.90. The third-order valence-electron chi connectivity index (χ3n) is 0.858. The molecule has 0 aliphatic heterocycles. The highest BCUT2D eigenvalue weighted by molar-refractivity contribution is 5.92. The zero-order chi connectivity index (χ0) is 6.69. The van der Waals surface area contributed by atoms with Crippen LogP contribution in [-0.4, -0.2) is 15.8 Å². The van der Waals surface area contributed by atoms with Gasteiger partial charge in [0, 0.05) is 6.20 Å². The summed E-state index contributed by atoms with van der Waals surface area (Å²) in [4.78, 5) is 7.38. The smallest absolute Gasteiger partial charge is 0.141 e.